The molecular weight excluding hydrogens is 306 g/mol. The number of hydrogen-bond donors (Lipinski definition) is 0. The molecule has 5 nitrogen and oxygen atoms in total. The lowest BCUT2D eigenvalue weighted by molar-refractivity contribution is -0.0187. The van der Waals surface area contributed by atoms with E-state index in [0.29, 0.717) is 24.4 Å². The van der Waals surface area contributed by atoms with E-state index in [-0.39, 0.29) is 5.54 Å². The fraction of sp³-hybridized carbons (Fsp3) is 1.00. The fourth-order valence-corrected chi connectivity index (χ4v) is 5.01. The summed E-state index contributed by atoms with van der Waals surface area (Å²) < 4.78 is 22.7. The Bertz CT molecular complexity index is 409. The summed E-state index contributed by atoms with van der Waals surface area (Å²) in [5.41, 5.74) is 0.223. The number of nitrogens with zero attached hydrogens (tertiary/aromatic N) is 1. The first-order valence-electron chi connectivity index (χ1n) is 10.0. The molecule has 5 fully saturated rings. The summed E-state index contributed by atoms with van der Waals surface area (Å²) in [7, 11) is 0. The lowest BCUT2D eigenvalue weighted by atomic mass is 9.68. The van der Waals surface area contributed by atoms with Crippen molar-refractivity contribution < 1.29 is 18.9 Å². The van der Waals surface area contributed by atoms with E-state index < -0.39 is 0 Å². The summed E-state index contributed by atoms with van der Waals surface area (Å²) in [5, 5.41) is 0. The largest absolute Gasteiger partial charge is 0.373 e. The maximum atomic E-state index is 5.72. The molecule has 136 valence electrons. The Hall–Kier alpha value is -0.200. The average Bonchev–Trinajstić information content (AvgIpc) is 3.45. The molecular formula is C19H31NO4. The summed E-state index contributed by atoms with van der Waals surface area (Å²) >= 11 is 0. The Morgan fingerprint density at radius 1 is 0.667 bits per heavy atom. The molecule has 4 saturated heterocycles. The van der Waals surface area contributed by atoms with Gasteiger partial charge in [-0.2, -0.15) is 0 Å². The normalized spacial score (nSPS) is 40.4. The standard InChI is InChI=1S/C19H31NO4/c1-2-4-14(5-3-1)19(6-15-10-21-15,7-16-11-22-16)20(8-17-12-23-17)9-18-13-24-18/h14-18H,1-13H2. The maximum Gasteiger partial charge on any atom is 0.0936 e. The Morgan fingerprint density at radius 3 is 1.54 bits per heavy atom. The van der Waals surface area contributed by atoms with Gasteiger partial charge < -0.3 is 18.9 Å². The molecule has 5 aliphatic rings. The highest BCUT2D eigenvalue weighted by Crippen LogP contribution is 2.47. The van der Waals surface area contributed by atoms with Gasteiger partial charge in [-0.15, -0.1) is 0 Å². The summed E-state index contributed by atoms with van der Waals surface area (Å²) in [4.78, 5) is 2.77. The van der Waals surface area contributed by atoms with Gasteiger partial charge in [0, 0.05) is 18.6 Å². The van der Waals surface area contributed by atoms with Crippen molar-refractivity contribution in [3.05, 3.63) is 0 Å². The Kier molecular flexibility index (Phi) is 4.34. The fourth-order valence-electron chi connectivity index (χ4n) is 5.01. The van der Waals surface area contributed by atoms with Crippen molar-refractivity contribution in [1.29, 1.82) is 0 Å². The van der Waals surface area contributed by atoms with E-state index >= 15 is 0 Å². The minimum absolute atomic E-state index is 0.223. The maximum absolute atomic E-state index is 5.72. The number of epoxide rings is 4. The summed E-state index contributed by atoms with van der Waals surface area (Å²) in [6, 6.07) is 0. The molecule has 4 aliphatic heterocycles. The number of ether oxygens (including phenoxy) is 4. The van der Waals surface area contributed by atoms with Crippen LogP contribution in [0.25, 0.3) is 0 Å². The van der Waals surface area contributed by atoms with Crippen LogP contribution >= 0.6 is 0 Å². The summed E-state index contributed by atoms with van der Waals surface area (Å²) in [5.74, 6) is 0.775. The first-order chi connectivity index (χ1) is 11.8. The second kappa shape index (κ2) is 6.51. The molecule has 0 radical (unpaired) electrons. The molecule has 1 saturated carbocycles. The highest BCUT2D eigenvalue weighted by atomic mass is 16.6. The molecule has 24 heavy (non-hydrogen) atoms. The van der Waals surface area contributed by atoms with Gasteiger partial charge >= 0.3 is 0 Å². The van der Waals surface area contributed by atoms with Crippen LogP contribution in [0.4, 0.5) is 0 Å². The van der Waals surface area contributed by atoms with Gasteiger partial charge in [-0.1, -0.05) is 19.3 Å². The number of hydrogen-bond acceptors (Lipinski definition) is 5. The van der Waals surface area contributed by atoms with Crippen LogP contribution < -0.4 is 0 Å². The Balaban J connectivity index is 1.42. The lowest BCUT2D eigenvalue weighted by Crippen LogP contribution is -2.58. The third-order valence-corrected chi connectivity index (χ3v) is 6.61. The molecule has 0 spiro atoms. The molecule has 0 aromatic rings. The van der Waals surface area contributed by atoms with Crippen molar-refractivity contribution in [1.82, 2.24) is 4.90 Å². The topological polar surface area (TPSA) is 53.4 Å². The third-order valence-electron chi connectivity index (χ3n) is 6.61. The van der Waals surface area contributed by atoms with Crippen molar-refractivity contribution in [2.75, 3.05) is 39.5 Å². The Morgan fingerprint density at radius 2 is 1.12 bits per heavy atom. The van der Waals surface area contributed by atoms with Gasteiger partial charge in [-0.3, -0.25) is 4.90 Å². The molecule has 0 N–H and O–H groups in total. The lowest BCUT2D eigenvalue weighted by Gasteiger charge is -2.50. The van der Waals surface area contributed by atoms with Gasteiger partial charge in [0.05, 0.1) is 50.8 Å². The summed E-state index contributed by atoms with van der Waals surface area (Å²) in [6.07, 6.45) is 11.1. The molecule has 0 amide bonds. The van der Waals surface area contributed by atoms with E-state index in [1.165, 1.54) is 44.9 Å². The quantitative estimate of drug-likeness (QED) is 0.571. The van der Waals surface area contributed by atoms with Gasteiger partial charge in [0.1, 0.15) is 0 Å². The van der Waals surface area contributed by atoms with E-state index in [9.17, 15) is 0 Å². The van der Waals surface area contributed by atoms with Gasteiger partial charge in [0.25, 0.3) is 0 Å². The van der Waals surface area contributed by atoms with Gasteiger partial charge in [-0.05, 0) is 31.6 Å². The van der Waals surface area contributed by atoms with Crippen LogP contribution in [0.5, 0.6) is 0 Å². The van der Waals surface area contributed by atoms with Gasteiger partial charge in [0.15, 0.2) is 0 Å². The van der Waals surface area contributed by atoms with E-state index in [0.717, 1.165) is 45.4 Å². The molecule has 0 aromatic heterocycles. The van der Waals surface area contributed by atoms with Crippen molar-refractivity contribution in [2.45, 2.75) is 74.9 Å². The van der Waals surface area contributed by atoms with Crippen molar-refractivity contribution in [3.8, 4) is 0 Å². The van der Waals surface area contributed by atoms with Crippen LogP contribution in [0.15, 0.2) is 0 Å². The van der Waals surface area contributed by atoms with Gasteiger partial charge in [0.2, 0.25) is 0 Å². The van der Waals surface area contributed by atoms with E-state index in [4.69, 9.17) is 18.9 Å². The first-order valence-corrected chi connectivity index (χ1v) is 10.0. The van der Waals surface area contributed by atoms with Crippen LogP contribution in [-0.2, 0) is 18.9 Å². The van der Waals surface area contributed by atoms with Crippen LogP contribution in [-0.4, -0.2) is 74.4 Å². The monoisotopic (exact) mass is 337 g/mol. The zero-order valence-electron chi connectivity index (χ0n) is 14.7. The summed E-state index contributed by atoms with van der Waals surface area (Å²) in [6.45, 7) is 5.90. The predicted molar refractivity (Wildman–Crippen MR) is 89.1 cm³/mol. The molecule has 5 heteroatoms. The highest BCUT2D eigenvalue weighted by molar-refractivity contribution is 5.05. The number of rotatable bonds is 10. The second-order valence-electron chi connectivity index (χ2n) is 8.57. The first kappa shape index (κ1) is 16.0. The SMILES string of the molecule is C1CCC(C(CC2CO2)(CC2CO2)N(CC2CO2)CC2CO2)CC1. The minimum atomic E-state index is 0.223. The molecule has 5 rings (SSSR count). The van der Waals surface area contributed by atoms with Crippen LogP contribution in [0.2, 0.25) is 0 Å². The second-order valence-corrected chi connectivity index (χ2v) is 8.57. The molecule has 0 bridgehead atoms. The highest BCUT2D eigenvalue weighted by Gasteiger charge is 2.52. The zero-order chi connectivity index (χ0) is 16.0. The smallest absolute Gasteiger partial charge is 0.0936 e. The van der Waals surface area contributed by atoms with Crippen molar-refractivity contribution >= 4 is 0 Å². The molecule has 0 aromatic carbocycles. The van der Waals surface area contributed by atoms with E-state index in [1.807, 2.05) is 0 Å². The van der Waals surface area contributed by atoms with Crippen molar-refractivity contribution in [3.63, 3.8) is 0 Å². The van der Waals surface area contributed by atoms with E-state index in [2.05, 4.69) is 4.90 Å². The molecule has 4 unspecified atom stereocenters. The average molecular weight is 337 g/mol. The molecule has 4 atom stereocenters. The third kappa shape index (κ3) is 3.80. The van der Waals surface area contributed by atoms with Crippen LogP contribution in [0.1, 0.15) is 44.9 Å². The zero-order valence-corrected chi connectivity index (χ0v) is 14.7. The minimum Gasteiger partial charge on any atom is -0.373 e. The molecule has 1 aliphatic carbocycles. The van der Waals surface area contributed by atoms with E-state index in [1.54, 1.807) is 0 Å². The van der Waals surface area contributed by atoms with Crippen molar-refractivity contribution in [2.24, 2.45) is 5.92 Å². The predicted octanol–water partition coefficient (Wildman–Crippen LogP) is 1.98. The van der Waals surface area contributed by atoms with Crippen LogP contribution in [0.3, 0.4) is 0 Å². The van der Waals surface area contributed by atoms with Crippen LogP contribution in [0, 0.1) is 5.92 Å². The molecule has 4 heterocycles. The Labute approximate surface area is 144 Å². The van der Waals surface area contributed by atoms with Gasteiger partial charge in [-0.25, -0.2) is 0 Å².